The lowest BCUT2D eigenvalue weighted by Gasteiger charge is -2.38. The molecule has 0 saturated heterocycles. The topological polar surface area (TPSA) is 85.9 Å². The number of alkyl carbamates (subject to hydrolysis) is 1. The number of allylic oxidation sites excluding steroid dienone is 2. The van der Waals surface area contributed by atoms with Gasteiger partial charge < -0.3 is 19.5 Å². The summed E-state index contributed by atoms with van der Waals surface area (Å²) in [5.74, 6) is -1.65. The molecular formula is C23H24N2O5. The van der Waals surface area contributed by atoms with Crippen molar-refractivity contribution in [1.82, 2.24) is 10.6 Å². The molecule has 156 valence electrons. The lowest BCUT2D eigenvalue weighted by Crippen LogP contribution is -2.58. The van der Waals surface area contributed by atoms with Gasteiger partial charge in [0.2, 0.25) is 0 Å². The molecule has 3 rings (SSSR count). The van der Waals surface area contributed by atoms with Gasteiger partial charge in [0.05, 0.1) is 0 Å². The summed E-state index contributed by atoms with van der Waals surface area (Å²) in [5, 5.41) is 5.93. The first kappa shape index (κ1) is 21.3. The molecule has 2 N–H and O–H groups in total. The van der Waals surface area contributed by atoms with E-state index in [0.29, 0.717) is 12.0 Å². The number of hydrogen-bond donors (Lipinski definition) is 2. The molecule has 1 aliphatic heterocycles. The molecule has 0 radical (unpaired) electrons. The summed E-state index contributed by atoms with van der Waals surface area (Å²) in [6.45, 7) is 0.122. The molecule has 1 unspecified atom stereocenters. The van der Waals surface area contributed by atoms with Crippen LogP contribution in [0.4, 0.5) is 4.79 Å². The van der Waals surface area contributed by atoms with Gasteiger partial charge in [0.1, 0.15) is 12.6 Å². The molecule has 1 heterocycles. The fourth-order valence-corrected chi connectivity index (χ4v) is 3.14. The number of rotatable bonds is 8. The van der Waals surface area contributed by atoms with Gasteiger partial charge in [-0.05, 0) is 23.3 Å². The monoisotopic (exact) mass is 408 g/mol. The van der Waals surface area contributed by atoms with Crippen molar-refractivity contribution in [3.63, 3.8) is 0 Å². The van der Waals surface area contributed by atoms with Gasteiger partial charge in [-0.15, -0.1) is 0 Å². The molecule has 0 bridgehead atoms. The maximum absolute atomic E-state index is 12.4. The van der Waals surface area contributed by atoms with Gasteiger partial charge in [-0.2, -0.15) is 0 Å². The van der Waals surface area contributed by atoms with Gasteiger partial charge in [-0.25, -0.2) is 4.79 Å². The number of nitrogens with one attached hydrogen (secondary N) is 2. The molecule has 1 amide bonds. The Morgan fingerprint density at radius 1 is 1.03 bits per heavy atom. The van der Waals surface area contributed by atoms with Gasteiger partial charge in [-0.1, -0.05) is 60.7 Å². The molecule has 7 heteroatoms. The Kier molecular flexibility index (Phi) is 7.00. The SMILES string of the molecule is COC(C=O)(OC)C1NC(c2ccccc2)=CC=C1NC(=O)OCc1ccccc1. The fraction of sp³-hybridized carbons (Fsp3) is 0.217. The summed E-state index contributed by atoms with van der Waals surface area (Å²) in [6.07, 6.45) is 3.41. The van der Waals surface area contributed by atoms with Crippen molar-refractivity contribution in [2.45, 2.75) is 18.4 Å². The summed E-state index contributed by atoms with van der Waals surface area (Å²) in [4.78, 5) is 24.3. The van der Waals surface area contributed by atoms with Crippen molar-refractivity contribution >= 4 is 18.1 Å². The summed E-state index contributed by atoms with van der Waals surface area (Å²) < 4.78 is 16.1. The van der Waals surface area contributed by atoms with Crippen molar-refractivity contribution in [1.29, 1.82) is 0 Å². The van der Waals surface area contributed by atoms with Crippen LogP contribution in [0.3, 0.4) is 0 Å². The van der Waals surface area contributed by atoms with Crippen LogP contribution < -0.4 is 10.6 Å². The van der Waals surface area contributed by atoms with E-state index < -0.39 is 17.9 Å². The Balaban J connectivity index is 1.82. The first-order valence-corrected chi connectivity index (χ1v) is 9.40. The van der Waals surface area contributed by atoms with Crippen LogP contribution in [0.25, 0.3) is 5.70 Å². The van der Waals surface area contributed by atoms with E-state index in [2.05, 4.69) is 10.6 Å². The first-order valence-electron chi connectivity index (χ1n) is 9.40. The van der Waals surface area contributed by atoms with E-state index in [-0.39, 0.29) is 6.61 Å². The Morgan fingerprint density at radius 3 is 2.27 bits per heavy atom. The van der Waals surface area contributed by atoms with Gasteiger partial charge in [-0.3, -0.25) is 10.1 Å². The van der Waals surface area contributed by atoms with E-state index >= 15 is 0 Å². The van der Waals surface area contributed by atoms with Crippen LogP contribution in [0, 0.1) is 0 Å². The van der Waals surface area contributed by atoms with Gasteiger partial charge >= 0.3 is 6.09 Å². The van der Waals surface area contributed by atoms with Crippen LogP contribution in [-0.4, -0.2) is 38.4 Å². The maximum Gasteiger partial charge on any atom is 0.411 e. The highest BCUT2D eigenvalue weighted by Gasteiger charge is 2.44. The Labute approximate surface area is 175 Å². The largest absolute Gasteiger partial charge is 0.444 e. The van der Waals surface area contributed by atoms with Crippen LogP contribution in [0.2, 0.25) is 0 Å². The third-order valence-electron chi connectivity index (χ3n) is 4.79. The Hall–Kier alpha value is -3.42. The zero-order valence-corrected chi connectivity index (χ0v) is 16.8. The average Bonchev–Trinajstić information content (AvgIpc) is 2.81. The number of benzene rings is 2. The van der Waals surface area contributed by atoms with Gasteiger partial charge in [0, 0.05) is 25.6 Å². The predicted octanol–water partition coefficient (Wildman–Crippen LogP) is 3.00. The average molecular weight is 408 g/mol. The third-order valence-corrected chi connectivity index (χ3v) is 4.79. The van der Waals surface area contributed by atoms with Crippen molar-refractivity contribution in [2.75, 3.05) is 14.2 Å². The van der Waals surface area contributed by atoms with Crippen LogP contribution >= 0.6 is 0 Å². The molecule has 2 aromatic carbocycles. The highest BCUT2D eigenvalue weighted by atomic mass is 16.7. The third kappa shape index (κ3) is 4.76. The highest BCUT2D eigenvalue weighted by Crippen LogP contribution is 2.26. The maximum atomic E-state index is 12.4. The Bertz CT molecular complexity index is 921. The van der Waals surface area contributed by atoms with Crippen molar-refractivity contribution in [3.8, 4) is 0 Å². The van der Waals surface area contributed by atoms with Crippen LogP contribution in [0.5, 0.6) is 0 Å². The minimum atomic E-state index is -1.65. The minimum Gasteiger partial charge on any atom is -0.444 e. The lowest BCUT2D eigenvalue weighted by atomic mass is 9.98. The summed E-state index contributed by atoms with van der Waals surface area (Å²) in [6, 6.07) is 18.1. The molecule has 2 aromatic rings. The second-order valence-electron chi connectivity index (χ2n) is 6.58. The number of carbonyl (C=O) groups is 2. The van der Waals surface area contributed by atoms with Crippen LogP contribution in [0.15, 0.2) is 78.5 Å². The van der Waals surface area contributed by atoms with Gasteiger partial charge in [0.15, 0.2) is 6.29 Å². The number of amides is 1. The molecule has 7 nitrogen and oxygen atoms in total. The standard InChI is InChI=1S/C23H24N2O5/c1-28-23(16-26,29-2)21-20(14-13-19(24-21)18-11-7-4-8-12-18)25-22(27)30-15-17-9-5-3-6-10-17/h3-14,16,21,24H,15H2,1-2H3,(H,25,27). The zero-order chi connectivity index (χ0) is 21.4. The molecule has 1 atom stereocenters. The van der Waals surface area contributed by atoms with E-state index in [1.165, 1.54) is 14.2 Å². The minimum absolute atomic E-state index is 0.122. The molecule has 0 spiro atoms. The number of dihydropyridines is 1. The lowest BCUT2D eigenvalue weighted by molar-refractivity contribution is -0.203. The van der Waals surface area contributed by atoms with Gasteiger partial charge in [0.25, 0.3) is 5.79 Å². The Morgan fingerprint density at radius 2 is 1.67 bits per heavy atom. The smallest absolute Gasteiger partial charge is 0.411 e. The van der Waals surface area contributed by atoms with Crippen molar-refractivity contribution < 1.29 is 23.8 Å². The summed E-state index contributed by atoms with van der Waals surface area (Å²) in [5.41, 5.74) is 2.91. The van der Waals surface area contributed by atoms with E-state index in [4.69, 9.17) is 14.2 Å². The zero-order valence-electron chi connectivity index (χ0n) is 16.8. The van der Waals surface area contributed by atoms with Crippen molar-refractivity contribution in [2.24, 2.45) is 0 Å². The normalized spacial score (nSPS) is 16.0. The second kappa shape index (κ2) is 9.87. The molecule has 0 aromatic heterocycles. The number of aldehydes is 1. The number of methoxy groups -OCH3 is 2. The van der Waals surface area contributed by atoms with E-state index in [0.717, 1.165) is 16.8 Å². The second-order valence-corrected chi connectivity index (χ2v) is 6.58. The van der Waals surface area contributed by atoms with E-state index in [1.54, 1.807) is 12.2 Å². The number of carbonyl (C=O) groups excluding carboxylic acids is 2. The van der Waals surface area contributed by atoms with Crippen LogP contribution in [-0.2, 0) is 25.6 Å². The summed E-state index contributed by atoms with van der Waals surface area (Å²) >= 11 is 0. The quantitative estimate of drug-likeness (QED) is 0.516. The molecular weight excluding hydrogens is 384 g/mol. The highest BCUT2D eigenvalue weighted by molar-refractivity contribution is 5.75. The predicted molar refractivity (Wildman–Crippen MR) is 112 cm³/mol. The van der Waals surface area contributed by atoms with Crippen LogP contribution in [0.1, 0.15) is 11.1 Å². The fourth-order valence-electron chi connectivity index (χ4n) is 3.14. The van der Waals surface area contributed by atoms with E-state index in [1.807, 2.05) is 60.7 Å². The first-order chi connectivity index (χ1) is 14.6. The molecule has 0 saturated carbocycles. The number of hydrogen-bond acceptors (Lipinski definition) is 6. The van der Waals surface area contributed by atoms with E-state index in [9.17, 15) is 9.59 Å². The summed E-state index contributed by atoms with van der Waals surface area (Å²) in [7, 11) is 2.73. The molecule has 30 heavy (non-hydrogen) atoms. The molecule has 0 aliphatic carbocycles. The molecule has 0 fully saturated rings. The molecule has 1 aliphatic rings. The van der Waals surface area contributed by atoms with Crippen molar-refractivity contribution in [3.05, 3.63) is 89.6 Å². The number of ether oxygens (including phenoxy) is 3.